The fourth-order valence-corrected chi connectivity index (χ4v) is 5.54. The van der Waals surface area contributed by atoms with Crippen molar-refractivity contribution >= 4 is 17.5 Å². The SMILES string of the molecule is Cc1nc(N2CC3(CCC3)C2)ccc1Cn1cc(C(=O)N[C@@H]2CCc3c2ccnc3N)cn1. The summed E-state index contributed by atoms with van der Waals surface area (Å²) >= 11 is 0. The zero-order chi connectivity index (χ0) is 22.6. The van der Waals surface area contributed by atoms with Gasteiger partial charge in [0.05, 0.1) is 24.3 Å². The summed E-state index contributed by atoms with van der Waals surface area (Å²) in [6.45, 7) is 4.92. The van der Waals surface area contributed by atoms with Crippen LogP contribution in [0.1, 0.15) is 64.5 Å². The third kappa shape index (κ3) is 3.53. The van der Waals surface area contributed by atoms with Gasteiger partial charge >= 0.3 is 0 Å². The standard InChI is InChI=1S/C25H29N7O/c1-16-17(3-6-22(29-16)31-14-25(15-31)8-2-9-25)12-32-13-18(11-28-32)24(33)30-21-5-4-20-19(21)7-10-27-23(20)26/h3,6-7,10-11,13,21H,2,4-5,8-9,12,14-15H2,1H3,(H2,26,27)(H,30,33)/t21-/m1/s1. The molecule has 1 aliphatic heterocycles. The van der Waals surface area contributed by atoms with E-state index in [2.05, 4.69) is 32.4 Å². The summed E-state index contributed by atoms with van der Waals surface area (Å²) in [4.78, 5) is 24.2. The third-order valence-electron chi connectivity index (χ3n) is 7.69. The summed E-state index contributed by atoms with van der Waals surface area (Å²) in [5.41, 5.74) is 11.4. The molecule has 1 saturated heterocycles. The van der Waals surface area contributed by atoms with Crippen LogP contribution in [0.25, 0.3) is 0 Å². The molecule has 2 fully saturated rings. The second-order valence-corrected chi connectivity index (χ2v) is 9.88. The average molecular weight is 444 g/mol. The van der Waals surface area contributed by atoms with E-state index < -0.39 is 0 Å². The van der Waals surface area contributed by atoms with Crippen molar-refractivity contribution in [3.63, 3.8) is 0 Å². The monoisotopic (exact) mass is 443 g/mol. The van der Waals surface area contributed by atoms with E-state index in [0.717, 1.165) is 54.1 Å². The quantitative estimate of drug-likeness (QED) is 0.629. The largest absolute Gasteiger partial charge is 0.383 e. The van der Waals surface area contributed by atoms with Gasteiger partial charge in [-0.1, -0.05) is 12.5 Å². The molecule has 2 aliphatic carbocycles. The van der Waals surface area contributed by atoms with Gasteiger partial charge < -0.3 is 16.0 Å². The van der Waals surface area contributed by atoms with E-state index in [4.69, 9.17) is 10.7 Å². The first-order valence-corrected chi connectivity index (χ1v) is 11.8. The summed E-state index contributed by atoms with van der Waals surface area (Å²) in [6.07, 6.45) is 10.9. The van der Waals surface area contributed by atoms with Crippen LogP contribution < -0.4 is 16.0 Å². The Bertz CT molecular complexity index is 1220. The Hall–Kier alpha value is -3.42. The smallest absolute Gasteiger partial charge is 0.254 e. The van der Waals surface area contributed by atoms with E-state index in [1.807, 2.05) is 13.0 Å². The van der Waals surface area contributed by atoms with Gasteiger partial charge in [0.15, 0.2) is 0 Å². The Balaban J connectivity index is 1.10. The van der Waals surface area contributed by atoms with Crippen molar-refractivity contribution < 1.29 is 4.79 Å². The maximum atomic E-state index is 12.8. The highest BCUT2D eigenvalue weighted by Crippen LogP contribution is 2.49. The lowest BCUT2D eigenvalue weighted by atomic mass is 9.63. The average Bonchev–Trinajstić information content (AvgIpc) is 3.36. The van der Waals surface area contributed by atoms with Crippen LogP contribution in [0, 0.1) is 12.3 Å². The molecule has 170 valence electrons. The maximum Gasteiger partial charge on any atom is 0.254 e. The summed E-state index contributed by atoms with van der Waals surface area (Å²) in [7, 11) is 0. The van der Waals surface area contributed by atoms with Gasteiger partial charge in [-0.15, -0.1) is 0 Å². The summed E-state index contributed by atoms with van der Waals surface area (Å²) in [6, 6.07) is 6.15. The van der Waals surface area contributed by atoms with Gasteiger partial charge in [0.1, 0.15) is 11.6 Å². The van der Waals surface area contributed by atoms with E-state index in [-0.39, 0.29) is 11.9 Å². The molecule has 3 aliphatic rings. The van der Waals surface area contributed by atoms with Crippen LogP contribution in [0.5, 0.6) is 0 Å². The van der Waals surface area contributed by atoms with Crippen LogP contribution in [0.15, 0.2) is 36.8 Å². The minimum Gasteiger partial charge on any atom is -0.383 e. The summed E-state index contributed by atoms with van der Waals surface area (Å²) < 4.78 is 1.80. The van der Waals surface area contributed by atoms with Gasteiger partial charge in [-0.2, -0.15) is 5.10 Å². The number of fused-ring (bicyclic) bond motifs is 1. The molecule has 1 atom stereocenters. The molecule has 33 heavy (non-hydrogen) atoms. The van der Waals surface area contributed by atoms with E-state index in [1.165, 1.54) is 19.3 Å². The Kier molecular flexibility index (Phi) is 4.64. The molecule has 3 aromatic rings. The first-order chi connectivity index (χ1) is 16.0. The van der Waals surface area contributed by atoms with E-state index in [9.17, 15) is 4.79 Å². The molecule has 0 unspecified atom stereocenters. The number of nitrogens with zero attached hydrogens (tertiary/aromatic N) is 5. The molecule has 3 N–H and O–H groups in total. The predicted octanol–water partition coefficient (Wildman–Crippen LogP) is 3.02. The third-order valence-corrected chi connectivity index (χ3v) is 7.69. The second-order valence-electron chi connectivity index (χ2n) is 9.88. The number of amides is 1. The van der Waals surface area contributed by atoms with Crippen molar-refractivity contribution in [2.24, 2.45) is 5.41 Å². The van der Waals surface area contributed by atoms with E-state index >= 15 is 0 Å². The summed E-state index contributed by atoms with van der Waals surface area (Å²) in [5.74, 6) is 1.51. The van der Waals surface area contributed by atoms with Crippen LogP contribution in [0.2, 0.25) is 0 Å². The van der Waals surface area contributed by atoms with E-state index in [1.54, 1.807) is 23.3 Å². The molecule has 0 bridgehead atoms. The van der Waals surface area contributed by atoms with Crippen molar-refractivity contribution in [2.75, 3.05) is 23.7 Å². The van der Waals surface area contributed by atoms with Crippen LogP contribution in [0.3, 0.4) is 0 Å². The van der Waals surface area contributed by atoms with Crippen molar-refractivity contribution in [1.29, 1.82) is 0 Å². The fourth-order valence-electron chi connectivity index (χ4n) is 5.54. The molecule has 1 amide bonds. The lowest BCUT2D eigenvalue weighted by molar-refractivity contribution is 0.0896. The highest BCUT2D eigenvalue weighted by molar-refractivity contribution is 5.94. The minimum atomic E-state index is -0.123. The van der Waals surface area contributed by atoms with E-state index in [0.29, 0.717) is 23.3 Å². The number of hydrogen-bond donors (Lipinski definition) is 2. The van der Waals surface area contributed by atoms with Gasteiger partial charge in [-0.05, 0) is 61.4 Å². The molecule has 1 saturated carbocycles. The number of aromatic nitrogens is 4. The second kappa shape index (κ2) is 7.57. The first-order valence-electron chi connectivity index (χ1n) is 11.8. The van der Waals surface area contributed by atoms with Crippen LogP contribution in [0.4, 0.5) is 11.6 Å². The number of hydrogen-bond acceptors (Lipinski definition) is 6. The lowest BCUT2D eigenvalue weighted by Crippen LogP contribution is -2.60. The van der Waals surface area contributed by atoms with Crippen LogP contribution in [-0.4, -0.2) is 38.7 Å². The number of nitrogens with one attached hydrogen (secondary N) is 1. The Morgan fingerprint density at radius 3 is 2.88 bits per heavy atom. The maximum absolute atomic E-state index is 12.8. The van der Waals surface area contributed by atoms with Crippen molar-refractivity contribution in [3.05, 3.63) is 64.7 Å². The number of aryl methyl sites for hydroxylation is 1. The molecule has 0 aromatic carbocycles. The highest BCUT2D eigenvalue weighted by Gasteiger charge is 2.47. The topological polar surface area (TPSA) is 102 Å². The molecule has 4 heterocycles. The molecule has 0 radical (unpaired) electrons. The van der Waals surface area contributed by atoms with Crippen molar-refractivity contribution in [2.45, 2.75) is 51.6 Å². The van der Waals surface area contributed by atoms with Gasteiger partial charge in [-0.25, -0.2) is 9.97 Å². The molecule has 1 spiro atoms. The Morgan fingerprint density at radius 2 is 2.12 bits per heavy atom. The fraction of sp³-hybridized carbons (Fsp3) is 0.440. The number of nitrogen functional groups attached to an aromatic ring is 1. The minimum absolute atomic E-state index is 0.0410. The molecular weight excluding hydrogens is 414 g/mol. The molecule has 6 rings (SSSR count). The normalized spacial score (nSPS) is 20.3. The summed E-state index contributed by atoms with van der Waals surface area (Å²) in [5, 5.41) is 7.54. The Morgan fingerprint density at radius 1 is 1.27 bits per heavy atom. The van der Waals surface area contributed by atoms with Crippen LogP contribution in [-0.2, 0) is 13.0 Å². The number of carbonyl (C=O) groups is 1. The van der Waals surface area contributed by atoms with Crippen LogP contribution >= 0.6 is 0 Å². The number of carbonyl (C=O) groups excluding carboxylic acids is 1. The van der Waals surface area contributed by atoms with Gasteiger partial charge in [0.25, 0.3) is 5.91 Å². The van der Waals surface area contributed by atoms with Crippen molar-refractivity contribution in [1.82, 2.24) is 25.1 Å². The van der Waals surface area contributed by atoms with Gasteiger partial charge in [0.2, 0.25) is 0 Å². The van der Waals surface area contributed by atoms with Gasteiger partial charge in [0, 0.05) is 36.6 Å². The molecule has 8 nitrogen and oxygen atoms in total. The zero-order valence-electron chi connectivity index (χ0n) is 18.9. The number of anilines is 2. The van der Waals surface area contributed by atoms with Gasteiger partial charge in [-0.3, -0.25) is 9.48 Å². The number of pyridine rings is 2. The zero-order valence-corrected chi connectivity index (χ0v) is 18.9. The number of nitrogens with two attached hydrogens (primary N) is 1. The first kappa shape index (κ1) is 20.2. The molecular formula is C25H29N7O. The lowest BCUT2D eigenvalue weighted by Gasteiger charge is -2.56. The predicted molar refractivity (Wildman–Crippen MR) is 126 cm³/mol. The van der Waals surface area contributed by atoms with Crippen molar-refractivity contribution in [3.8, 4) is 0 Å². The molecule has 3 aromatic heterocycles. The molecule has 8 heteroatoms. The number of rotatable bonds is 5. The highest BCUT2D eigenvalue weighted by atomic mass is 16.1. The Labute approximate surface area is 193 Å².